The Hall–Kier alpha value is -2.96. The average Bonchev–Trinajstić information content (AvgIpc) is 3.27. The van der Waals surface area contributed by atoms with Gasteiger partial charge in [0, 0.05) is 23.6 Å². The van der Waals surface area contributed by atoms with Crippen LogP contribution in [-0.2, 0) is 4.79 Å². The van der Waals surface area contributed by atoms with Crippen LogP contribution < -0.4 is 5.43 Å². The first kappa shape index (κ1) is 14.0. The zero-order chi connectivity index (χ0) is 15.5. The van der Waals surface area contributed by atoms with Gasteiger partial charge in [0.2, 0.25) is 5.91 Å². The Labute approximate surface area is 125 Å². The van der Waals surface area contributed by atoms with Crippen molar-refractivity contribution in [2.24, 2.45) is 11.0 Å². The molecule has 0 unspecified atom stereocenters. The van der Waals surface area contributed by atoms with Gasteiger partial charge in [0.05, 0.1) is 11.1 Å². The molecule has 1 heterocycles. The van der Waals surface area contributed by atoms with Gasteiger partial charge in [-0.3, -0.25) is 14.9 Å². The Balaban J connectivity index is 1.66. The molecule has 0 radical (unpaired) electrons. The van der Waals surface area contributed by atoms with Crippen LogP contribution in [0.3, 0.4) is 0 Å². The van der Waals surface area contributed by atoms with E-state index in [1.807, 2.05) is 0 Å². The molecule has 3 rings (SSSR count). The monoisotopic (exact) mass is 299 g/mol. The lowest BCUT2D eigenvalue weighted by atomic mass is 10.1. The van der Waals surface area contributed by atoms with Crippen molar-refractivity contribution in [1.29, 1.82) is 0 Å². The maximum Gasteiger partial charge on any atom is 0.269 e. The van der Waals surface area contributed by atoms with Gasteiger partial charge in [-0.25, -0.2) is 5.43 Å². The molecule has 1 amide bonds. The summed E-state index contributed by atoms with van der Waals surface area (Å²) in [5.74, 6) is 1.09. The predicted octanol–water partition coefficient (Wildman–Crippen LogP) is 2.71. The molecule has 1 N–H and O–H groups in total. The number of rotatable bonds is 5. The summed E-state index contributed by atoms with van der Waals surface area (Å²) in [5, 5.41) is 14.4. The molecule has 1 aromatic carbocycles. The molecule has 7 nitrogen and oxygen atoms in total. The maximum atomic E-state index is 11.4. The second kappa shape index (κ2) is 5.80. The third-order valence-corrected chi connectivity index (χ3v) is 3.30. The number of nitro benzene ring substituents is 1. The molecule has 2 aromatic rings. The van der Waals surface area contributed by atoms with Crippen LogP contribution in [0.15, 0.2) is 45.9 Å². The summed E-state index contributed by atoms with van der Waals surface area (Å²) in [6, 6.07) is 9.53. The summed E-state index contributed by atoms with van der Waals surface area (Å²) in [6.45, 7) is 0. The minimum atomic E-state index is -0.452. The summed E-state index contributed by atoms with van der Waals surface area (Å²) in [5.41, 5.74) is 3.21. The van der Waals surface area contributed by atoms with Crippen molar-refractivity contribution in [1.82, 2.24) is 5.43 Å². The third-order valence-electron chi connectivity index (χ3n) is 3.30. The number of carbonyl (C=O) groups is 1. The van der Waals surface area contributed by atoms with Gasteiger partial charge in [0.25, 0.3) is 5.69 Å². The Kier molecular flexibility index (Phi) is 3.69. The van der Waals surface area contributed by atoms with Gasteiger partial charge in [-0.1, -0.05) is 0 Å². The summed E-state index contributed by atoms with van der Waals surface area (Å²) in [6.07, 6.45) is 3.27. The zero-order valence-corrected chi connectivity index (χ0v) is 11.6. The number of hydrogen-bond acceptors (Lipinski definition) is 5. The van der Waals surface area contributed by atoms with Crippen molar-refractivity contribution < 1.29 is 14.1 Å². The number of furan rings is 1. The smallest absolute Gasteiger partial charge is 0.269 e. The van der Waals surface area contributed by atoms with E-state index in [0.29, 0.717) is 11.5 Å². The van der Waals surface area contributed by atoms with Crippen LogP contribution in [0.25, 0.3) is 11.3 Å². The van der Waals surface area contributed by atoms with E-state index in [4.69, 9.17) is 4.42 Å². The van der Waals surface area contributed by atoms with E-state index >= 15 is 0 Å². The number of nitrogens with zero attached hydrogens (tertiary/aromatic N) is 2. The minimum Gasteiger partial charge on any atom is -0.455 e. The van der Waals surface area contributed by atoms with Gasteiger partial charge in [-0.2, -0.15) is 5.10 Å². The Morgan fingerprint density at radius 2 is 2.00 bits per heavy atom. The molecule has 1 aromatic heterocycles. The topological polar surface area (TPSA) is 97.7 Å². The van der Waals surface area contributed by atoms with Gasteiger partial charge in [-0.05, 0) is 37.1 Å². The molecule has 0 saturated heterocycles. The first-order chi connectivity index (χ1) is 10.6. The minimum absolute atomic E-state index is 0.0277. The summed E-state index contributed by atoms with van der Waals surface area (Å²) in [4.78, 5) is 21.6. The molecular formula is C15H13N3O4. The van der Waals surface area contributed by atoms with Crippen LogP contribution >= 0.6 is 0 Å². The number of non-ortho nitro benzene ring substituents is 1. The van der Waals surface area contributed by atoms with Crippen molar-refractivity contribution >= 4 is 17.8 Å². The molecular weight excluding hydrogens is 286 g/mol. The SMILES string of the molecule is O=C(NN=Cc1ccc(-c2ccc([N+](=O)[O-])cc2)o1)C1CC1. The average molecular weight is 299 g/mol. The van der Waals surface area contributed by atoms with Crippen LogP contribution in [-0.4, -0.2) is 17.0 Å². The molecule has 1 aliphatic rings. The van der Waals surface area contributed by atoms with E-state index in [1.165, 1.54) is 18.3 Å². The lowest BCUT2D eigenvalue weighted by Gasteiger charge is -1.96. The largest absolute Gasteiger partial charge is 0.455 e. The number of carbonyl (C=O) groups excluding carboxylic acids is 1. The van der Waals surface area contributed by atoms with Crippen molar-refractivity contribution in [2.45, 2.75) is 12.8 Å². The zero-order valence-electron chi connectivity index (χ0n) is 11.6. The summed E-state index contributed by atoms with van der Waals surface area (Å²) in [7, 11) is 0. The number of nitrogens with one attached hydrogen (secondary N) is 1. The van der Waals surface area contributed by atoms with Crippen LogP contribution in [0.4, 0.5) is 5.69 Å². The van der Waals surface area contributed by atoms with E-state index < -0.39 is 4.92 Å². The molecule has 22 heavy (non-hydrogen) atoms. The molecule has 0 bridgehead atoms. The van der Waals surface area contributed by atoms with Crippen LogP contribution in [0.2, 0.25) is 0 Å². The van der Waals surface area contributed by atoms with Crippen molar-refractivity contribution in [3.8, 4) is 11.3 Å². The molecule has 0 spiro atoms. The van der Waals surface area contributed by atoms with Crippen LogP contribution in [0.1, 0.15) is 18.6 Å². The summed E-state index contributed by atoms with van der Waals surface area (Å²) < 4.78 is 5.56. The fourth-order valence-electron chi connectivity index (χ4n) is 1.92. The van der Waals surface area contributed by atoms with Crippen molar-refractivity contribution in [3.63, 3.8) is 0 Å². The quantitative estimate of drug-likeness (QED) is 0.521. The van der Waals surface area contributed by atoms with E-state index in [9.17, 15) is 14.9 Å². The Morgan fingerprint density at radius 1 is 1.27 bits per heavy atom. The number of hydrogen-bond donors (Lipinski definition) is 1. The lowest BCUT2D eigenvalue weighted by molar-refractivity contribution is -0.384. The highest BCUT2D eigenvalue weighted by Gasteiger charge is 2.29. The number of nitro groups is 1. The first-order valence-electron chi connectivity index (χ1n) is 6.81. The number of hydrazone groups is 1. The van der Waals surface area contributed by atoms with Gasteiger partial charge in [0.15, 0.2) is 0 Å². The fraction of sp³-hybridized carbons (Fsp3) is 0.200. The standard InChI is InChI=1S/C15H13N3O4/c19-15(11-1-2-11)17-16-9-13-7-8-14(22-13)10-3-5-12(6-4-10)18(20)21/h3-9,11H,1-2H2,(H,17,19). The van der Waals surface area contributed by atoms with E-state index in [2.05, 4.69) is 10.5 Å². The van der Waals surface area contributed by atoms with Gasteiger partial charge in [0.1, 0.15) is 11.5 Å². The third kappa shape index (κ3) is 3.20. The van der Waals surface area contributed by atoms with Crippen molar-refractivity contribution in [2.75, 3.05) is 0 Å². The molecule has 0 atom stereocenters. The highest BCUT2D eigenvalue weighted by Crippen LogP contribution is 2.28. The van der Waals surface area contributed by atoms with Crippen LogP contribution in [0, 0.1) is 16.0 Å². The Morgan fingerprint density at radius 3 is 2.64 bits per heavy atom. The number of amides is 1. The second-order valence-electron chi connectivity index (χ2n) is 5.01. The Bertz CT molecular complexity index is 730. The molecule has 1 aliphatic carbocycles. The van der Waals surface area contributed by atoms with Gasteiger partial charge >= 0.3 is 0 Å². The summed E-state index contributed by atoms with van der Waals surface area (Å²) >= 11 is 0. The highest BCUT2D eigenvalue weighted by molar-refractivity contribution is 5.83. The fourth-order valence-corrected chi connectivity index (χ4v) is 1.92. The first-order valence-corrected chi connectivity index (χ1v) is 6.81. The lowest BCUT2D eigenvalue weighted by Crippen LogP contribution is -2.18. The van der Waals surface area contributed by atoms with E-state index in [1.54, 1.807) is 24.3 Å². The maximum absolute atomic E-state index is 11.4. The second-order valence-corrected chi connectivity index (χ2v) is 5.01. The van der Waals surface area contributed by atoms with Gasteiger partial charge < -0.3 is 4.42 Å². The van der Waals surface area contributed by atoms with Crippen LogP contribution in [0.5, 0.6) is 0 Å². The number of benzene rings is 1. The molecule has 112 valence electrons. The molecule has 1 saturated carbocycles. The highest BCUT2D eigenvalue weighted by atomic mass is 16.6. The molecule has 0 aliphatic heterocycles. The van der Waals surface area contributed by atoms with Gasteiger partial charge in [-0.15, -0.1) is 0 Å². The molecule has 7 heteroatoms. The van der Waals surface area contributed by atoms with E-state index in [0.717, 1.165) is 18.4 Å². The normalized spacial score (nSPS) is 14.2. The van der Waals surface area contributed by atoms with E-state index in [-0.39, 0.29) is 17.5 Å². The van der Waals surface area contributed by atoms with Crippen molar-refractivity contribution in [3.05, 3.63) is 52.3 Å². The predicted molar refractivity (Wildman–Crippen MR) is 79.3 cm³/mol. The molecule has 1 fully saturated rings.